The molecule has 0 spiro atoms. The molecule has 0 aliphatic heterocycles. The van der Waals surface area contributed by atoms with E-state index in [1.165, 1.54) is 19.3 Å². The van der Waals surface area contributed by atoms with Crippen molar-refractivity contribution in [3.05, 3.63) is 12.2 Å². The normalized spacial score (nSPS) is 8.91. The molecule has 0 radical (unpaired) electrons. The Hall–Kier alpha value is -1.23. The molecule has 0 aromatic carbocycles. The molecule has 0 unspecified atom stereocenters. The van der Waals surface area contributed by atoms with Gasteiger partial charge >= 0.3 is 5.97 Å². The topological polar surface area (TPSA) is 26.3 Å². The SMILES string of the molecule is CCCC#CC=CC(=O)OC. The average Bonchev–Trinajstić information content (AvgIpc) is 2.04. The summed E-state index contributed by atoms with van der Waals surface area (Å²) in [5.74, 6) is 5.23. The van der Waals surface area contributed by atoms with E-state index in [-0.39, 0.29) is 5.97 Å². The van der Waals surface area contributed by atoms with Crippen molar-refractivity contribution in [1.82, 2.24) is 0 Å². The number of ether oxygens (including phenoxy) is 1. The highest BCUT2D eigenvalue weighted by molar-refractivity contribution is 5.82. The summed E-state index contributed by atoms with van der Waals surface area (Å²) in [5.41, 5.74) is 0. The number of rotatable bonds is 2. The number of hydrogen-bond donors (Lipinski definition) is 0. The maximum Gasteiger partial charge on any atom is 0.331 e. The van der Waals surface area contributed by atoms with Crippen LogP contribution in [0.2, 0.25) is 0 Å². The van der Waals surface area contributed by atoms with E-state index < -0.39 is 0 Å². The molecule has 0 rings (SSSR count). The van der Waals surface area contributed by atoms with Crippen LogP contribution in [-0.4, -0.2) is 13.1 Å². The third kappa shape index (κ3) is 6.66. The molecule has 0 aromatic rings. The largest absolute Gasteiger partial charge is 0.466 e. The van der Waals surface area contributed by atoms with Gasteiger partial charge in [0.2, 0.25) is 0 Å². The van der Waals surface area contributed by atoms with E-state index >= 15 is 0 Å². The maximum absolute atomic E-state index is 10.5. The molecule has 0 amide bonds. The number of unbranched alkanes of at least 4 members (excludes halogenated alkanes) is 1. The van der Waals surface area contributed by atoms with Crippen LogP contribution >= 0.6 is 0 Å². The highest BCUT2D eigenvalue weighted by Gasteiger charge is 1.85. The van der Waals surface area contributed by atoms with Crippen LogP contribution in [0.15, 0.2) is 12.2 Å². The van der Waals surface area contributed by atoms with Crippen molar-refractivity contribution in [3.63, 3.8) is 0 Å². The number of allylic oxidation sites excluding steroid dienone is 1. The van der Waals surface area contributed by atoms with E-state index in [1.807, 2.05) is 0 Å². The first-order valence-electron chi connectivity index (χ1n) is 3.54. The molecule has 0 aromatic heterocycles. The van der Waals surface area contributed by atoms with Gasteiger partial charge in [0, 0.05) is 12.5 Å². The molecule has 2 nitrogen and oxygen atoms in total. The lowest BCUT2D eigenvalue weighted by Crippen LogP contribution is -1.92. The first-order valence-corrected chi connectivity index (χ1v) is 3.54. The second-order valence-corrected chi connectivity index (χ2v) is 1.93. The Morgan fingerprint density at radius 1 is 1.64 bits per heavy atom. The molecule has 0 heterocycles. The second-order valence-electron chi connectivity index (χ2n) is 1.93. The zero-order valence-electron chi connectivity index (χ0n) is 6.89. The zero-order valence-corrected chi connectivity index (χ0v) is 6.89. The van der Waals surface area contributed by atoms with Crippen LogP contribution in [0.5, 0.6) is 0 Å². The lowest BCUT2D eigenvalue weighted by atomic mass is 10.3. The monoisotopic (exact) mass is 152 g/mol. The van der Waals surface area contributed by atoms with E-state index in [0.717, 1.165) is 12.8 Å². The van der Waals surface area contributed by atoms with E-state index in [0.29, 0.717) is 0 Å². The summed E-state index contributed by atoms with van der Waals surface area (Å²) in [4.78, 5) is 10.5. The molecule has 0 N–H and O–H groups in total. The van der Waals surface area contributed by atoms with Crippen LogP contribution in [0, 0.1) is 11.8 Å². The highest BCUT2D eigenvalue weighted by atomic mass is 16.5. The zero-order chi connectivity index (χ0) is 8.53. The highest BCUT2D eigenvalue weighted by Crippen LogP contribution is 1.81. The third-order valence-electron chi connectivity index (χ3n) is 0.981. The van der Waals surface area contributed by atoms with Crippen LogP contribution in [0.4, 0.5) is 0 Å². The predicted octanol–water partition coefficient (Wildman–Crippen LogP) is 1.52. The fraction of sp³-hybridized carbons (Fsp3) is 0.444. The number of hydrogen-bond acceptors (Lipinski definition) is 2. The summed E-state index contributed by atoms with van der Waals surface area (Å²) in [7, 11) is 1.34. The van der Waals surface area contributed by atoms with Gasteiger partial charge in [0.15, 0.2) is 0 Å². The molecule has 0 aliphatic carbocycles. The van der Waals surface area contributed by atoms with Crippen LogP contribution in [0.3, 0.4) is 0 Å². The van der Waals surface area contributed by atoms with Crippen LogP contribution in [0.25, 0.3) is 0 Å². The van der Waals surface area contributed by atoms with Crippen molar-refractivity contribution in [2.75, 3.05) is 7.11 Å². The van der Waals surface area contributed by atoms with Gasteiger partial charge in [-0.2, -0.15) is 0 Å². The van der Waals surface area contributed by atoms with Crippen molar-refractivity contribution in [2.45, 2.75) is 19.8 Å². The van der Waals surface area contributed by atoms with Crippen molar-refractivity contribution in [2.24, 2.45) is 0 Å². The van der Waals surface area contributed by atoms with Gasteiger partial charge in [-0.25, -0.2) is 4.79 Å². The lowest BCUT2D eigenvalue weighted by Gasteiger charge is -1.84. The van der Waals surface area contributed by atoms with Gasteiger partial charge in [-0.3, -0.25) is 0 Å². The average molecular weight is 152 g/mol. The van der Waals surface area contributed by atoms with Crippen LogP contribution in [-0.2, 0) is 9.53 Å². The van der Waals surface area contributed by atoms with Crippen molar-refractivity contribution in [1.29, 1.82) is 0 Å². The Morgan fingerprint density at radius 2 is 2.36 bits per heavy atom. The first kappa shape index (κ1) is 9.77. The third-order valence-corrected chi connectivity index (χ3v) is 0.981. The van der Waals surface area contributed by atoms with Gasteiger partial charge in [0.1, 0.15) is 0 Å². The van der Waals surface area contributed by atoms with E-state index in [2.05, 4.69) is 23.5 Å². The quantitative estimate of drug-likeness (QED) is 0.340. The molecule has 0 fully saturated rings. The molecule has 0 bridgehead atoms. The Bertz CT molecular complexity index is 193. The maximum atomic E-state index is 10.5. The second kappa shape index (κ2) is 6.88. The molecule has 0 saturated carbocycles. The Labute approximate surface area is 67.2 Å². The summed E-state index contributed by atoms with van der Waals surface area (Å²) in [6, 6.07) is 0. The van der Waals surface area contributed by atoms with Crippen LogP contribution in [0.1, 0.15) is 19.8 Å². The smallest absolute Gasteiger partial charge is 0.331 e. The van der Waals surface area contributed by atoms with Gasteiger partial charge in [-0.15, -0.1) is 0 Å². The lowest BCUT2D eigenvalue weighted by molar-refractivity contribution is -0.134. The summed E-state index contributed by atoms with van der Waals surface area (Å²) in [6.07, 6.45) is 4.72. The first-order chi connectivity index (χ1) is 5.31. The molecule has 0 saturated heterocycles. The van der Waals surface area contributed by atoms with Gasteiger partial charge in [-0.1, -0.05) is 18.8 Å². The number of carbonyl (C=O) groups is 1. The van der Waals surface area contributed by atoms with Crippen LogP contribution < -0.4 is 0 Å². The van der Waals surface area contributed by atoms with Crippen molar-refractivity contribution in [3.8, 4) is 11.8 Å². The molecule has 11 heavy (non-hydrogen) atoms. The van der Waals surface area contributed by atoms with Gasteiger partial charge < -0.3 is 4.74 Å². The van der Waals surface area contributed by atoms with Gasteiger partial charge in [0.05, 0.1) is 7.11 Å². The van der Waals surface area contributed by atoms with Crippen molar-refractivity contribution >= 4 is 5.97 Å². The minimum Gasteiger partial charge on any atom is -0.466 e. The molecule has 0 atom stereocenters. The molecule has 2 heteroatoms. The van der Waals surface area contributed by atoms with E-state index in [9.17, 15) is 4.79 Å². The molecular formula is C9H12O2. The standard InChI is InChI=1S/C9H12O2/c1-3-4-5-6-7-8-9(10)11-2/h7-8H,3-4H2,1-2H3. The van der Waals surface area contributed by atoms with E-state index in [1.54, 1.807) is 0 Å². The molecule has 0 aliphatic rings. The Kier molecular flexibility index (Phi) is 6.11. The number of esters is 1. The van der Waals surface area contributed by atoms with E-state index in [4.69, 9.17) is 0 Å². The Morgan fingerprint density at radius 3 is 2.91 bits per heavy atom. The number of carbonyl (C=O) groups excluding carboxylic acids is 1. The van der Waals surface area contributed by atoms with Crippen molar-refractivity contribution < 1.29 is 9.53 Å². The van der Waals surface area contributed by atoms with Gasteiger partial charge in [0.25, 0.3) is 0 Å². The summed E-state index contributed by atoms with van der Waals surface area (Å²) >= 11 is 0. The fourth-order valence-corrected chi connectivity index (χ4v) is 0.434. The fourth-order valence-electron chi connectivity index (χ4n) is 0.434. The van der Waals surface area contributed by atoms with Gasteiger partial charge in [-0.05, 0) is 12.5 Å². The summed E-state index contributed by atoms with van der Waals surface area (Å²) < 4.78 is 4.36. The predicted molar refractivity (Wildman–Crippen MR) is 43.8 cm³/mol. The summed E-state index contributed by atoms with van der Waals surface area (Å²) in [5, 5.41) is 0. The molecular weight excluding hydrogens is 140 g/mol. The Balaban J connectivity index is 3.61. The summed E-state index contributed by atoms with van der Waals surface area (Å²) in [6.45, 7) is 2.05. The minimum atomic E-state index is -0.365. The molecule has 60 valence electrons. The number of methoxy groups -OCH3 is 1. The minimum absolute atomic E-state index is 0.365.